The van der Waals surface area contributed by atoms with Crippen LogP contribution in [0.15, 0.2) is 41.4 Å². The summed E-state index contributed by atoms with van der Waals surface area (Å²) in [7, 11) is 0. The van der Waals surface area contributed by atoms with Crippen molar-refractivity contribution in [3.05, 3.63) is 48.4 Å². The zero-order valence-electron chi connectivity index (χ0n) is 13.4. The molecular weight excluding hydrogens is 310 g/mol. The van der Waals surface area contributed by atoms with Gasteiger partial charge in [0.05, 0.1) is 11.0 Å². The highest BCUT2D eigenvalue weighted by Crippen LogP contribution is 2.21. The number of benzene rings is 1. The molecule has 23 heavy (non-hydrogen) atoms. The molecule has 0 spiro atoms. The molecule has 2 rings (SSSR count). The van der Waals surface area contributed by atoms with Crippen LogP contribution in [0.2, 0.25) is 0 Å². The van der Waals surface area contributed by atoms with E-state index in [9.17, 15) is 4.79 Å². The molecule has 0 aliphatic carbocycles. The van der Waals surface area contributed by atoms with Crippen LogP contribution in [-0.4, -0.2) is 27.8 Å². The van der Waals surface area contributed by atoms with Crippen LogP contribution < -0.4 is 5.32 Å². The molecule has 122 valence electrons. The van der Waals surface area contributed by atoms with E-state index in [4.69, 9.17) is 4.52 Å². The van der Waals surface area contributed by atoms with Gasteiger partial charge in [0.25, 0.3) is 0 Å². The zero-order chi connectivity index (χ0) is 16.7. The number of nitrogens with zero attached hydrogens (tertiary/aromatic N) is 2. The van der Waals surface area contributed by atoms with Crippen molar-refractivity contribution in [2.24, 2.45) is 0 Å². The summed E-state index contributed by atoms with van der Waals surface area (Å²) in [5, 5.41) is 6.58. The Morgan fingerprint density at radius 1 is 1.43 bits per heavy atom. The van der Waals surface area contributed by atoms with Gasteiger partial charge in [-0.2, -0.15) is 4.98 Å². The molecule has 1 unspecified atom stereocenters. The van der Waals surface area contributed by atoms with E-state index in [0.29, 0.717) is 24.0 Å². The van der Waals surface area contributed by atoms with E-state index < -0.39 is 0 Å². The van der Waals surface area contributed by atoms with E-state index >= 15 is 0 Å². The molecule has 0 aliphatic rings. The van der Waals surface area contributed by atoms with Crippen molar-refractivity contribution >= 4 is 17.7 Å². The third-order valence-electron chi connectivity index (χ3n) is 3.34. The van der Waals surface area contributed by atoms with Gasteiger partial charge in [0.1, 0.15) is 0 Å². The highest BCUT2D eigenvalue weighted by atomic mass is 32.2. The molecule has 5 nitrogen and oxygen atoms in total. The van der Waals surface area contributed by atoms with E-state index in [1.165, 1.54) is 17.3 Å². The lowest BCUT2D eigenvalue weighted by atomic mass is 10.1. The summed E-state index contributed by atoms with van der Waals surface area (Å²) in [6.45, 7) is 8.01. The van der Waals surface area contributed by atoms with Crippen LogP contribution >= 0.6 is 11.8 Å². The van der Waals surface area contributed by atoms with Crippen molar-refractivity contribution < 1.29 is 9.32 Å². The largest absolute Gasteiger partial charge is 0.352 e. The standard InChI is InChI=1S/C17H21N3O2S/c1-4-10-18-17(21)12(3)23-11-15-19-16(20-22-15)14-8-6-13(5-2)7-9-14/h4,6-9,12H,1,5,10-11H2,2-3H3,(H,18,21). The number of hydrogen-bond donors (Lipinski definition) is 1. The second kappa shape index (κ2) is 8.53. The van der Waals surface area contributed by atoms with Gasteiger partial charge in [-0.1, -0.05) is 42.4 Å². The Morgan fingerprint density at radius 3 is 2.83 bits per heavy atom. The first-order valence-corrected chi connectivity index (χ1v) is 8.61. The number of hydrogen-bond acceptors (Lipinski definition) is 5. The molecular formula is C17H21N3O2S. The summed E-state index contributed by atoms with van der Waals surface area (Å²) < 4.78 is 5.26. The summed E-state index contributed by atoms with van der Waals surface area (Å²) in [5.74, 6) is 1.58. The van der Waals surface area contributed by atoms with Gasteiger partial charge in [-0.25, -0.2) is 0 Å². The third-order valence-corrected chi connectivity index (χ3v) is 4.46. The van der Waals surface area contributed by atoms with Gasteiger partial charge in [-0.05, 0) is 18.9 Å². The normalized spacial score (nSPS) is 11.9. The molecule has 1 amide bonds. The molecule has 1 N–H and O–H groups in total. The number of nitrogens with one attached hydrogen (secondary N) is 1. The summed E-state index contributed by atoms with van der Waals surface area (Å²) in [4.78, 5) is 16.1. The fourth-order valence-electron chi connectivity index (χ4n) is 1.91. The van der Waals surface area contributed by atoms with Crippen molar-refractivity contribution in [2.75, 3.05) is 6.54 Å². The monoisotopic (exact) mass is 331 g/mol. The number of amides is 1. The van der Waals surface area contributed by atoms with Gasteiger partial charge in [-0.15, -0.1) is 18.3 Å². The summed E-state index contributed by atoms with van der Waals surface area (Å²) in [6.07, 6.45) is 2.66. The van der Waals surface area contributed by atoms with E-state index in [1.54, 1.807) is 6.08 Å². The second-order valence-electron chi connectivity index (χ2n) is 5.05. The lowest BCUT2D eigenvalue weighted by Crippen LogP contribution is -2.30. The van der Waals surface area contributed by atoms with E-state index in [-0.39, 0.29) is 11.2 Å². The van der Waals surface area contributed by atoms with Crippen molar-refractivity contribution in [3.8, 4) is 11.4 Å². The number of aromatic nitrogens is 2. The molecule has 0 bridgehead atoms. The van der Waals surface area contributed by atoms with Crippen LogP contribution in [0.5, 0.6) is 0 Å². The van der Waals surface area contributed by atoms with Gasteiger partial charge in [0, 0.05) is 12.1 Å². The molecule has 0 aliphatic heterocycles. The molecule has 0 saturated carbocycles. The highest BCUT2D eigenvalue weighted by Gasteiger charge is 2.15. The number of carbonyl (C=O) groups excluding carboxylic acids is 1. The van der Waals surface area contributed by atoms with Gasteiger partial charge < -0.3 is 9.84 Å². The Balaban J connectivity index is 1.91. The number of aryl methyl sites for hydroxylation is 1. The average molecular weight is 331 g/mol. The zero-order valence-corrected chi connectivity index (χ0v) is 14.2. The number of carbonyl (C=O) groups is 1. The van der Waals surface area contributed by atoms with Crippen LogP contribution in [-0.2, 0) is 17.0 Å². The van der Waals surface area contributed by atoms with Crippen LogP contribution in [0.3, 0.4) is 0 Å². The van der Waals surface area contributed by atoms with Crippen molar-refractivity contribution in [1.82, 2.24) is 15.5 Å². The Bertz CT molecular complexity index is 652. The molecule has 0 fully saturated rings. The summed E-state index contributed by atoms with van der Waals surface area (Å²) in [5.41, 5.74) is 2.20. The lowest BCUT2D eigenvalue weighted by Gasteiger charge is -2.08. The first-order chi connectivity index (χ1) is 11.1. The fraction of sp³-hybridized carbons (Fsp3) is 0.353. The maximum atomic E-state index is 11.8. The Kier molecular flexibility index (Phi) is 6.40. The van der Waals surface area contributed by atoms with E-state index in [0.717, 1.165) is 12.0 Å². The molecule has 0 saturated heterocycles. The molecule has 1 aromatic heterocycles. The quantitative estimate of drug-likeness (QED) is 0.752. The Morgan fingerprint density at radius 2 is 2.17 bits per heavy atom. The molecule has 2 aromatic rings. The summed E-state index contributed by atoms with van der Waals surface area (Å²) in [6, 6.07) is 8.11. The van der Waals surface area contributed by atoms with E-state index in [1.807, 2.05) is 19.1 Å². The van der Waals surface area contributed by atoms with Crippen molar-refractivity contribution in [3.63, 3.8) is 0 Å². The van der Waals surface area contributed by atoms with Gasteiger partial charge >= 0.3 is 0 Å². The Labute approximate surface area is 140 Å². The lowest BCUT2D eigenvalue weighted by molar-refractivity contribution is -0.120. The smallest absolute Gasteiger partial charge is 0.236 e. The van der Waals surface area contributed by atoms with Crippen LogP contribution in [0.25, 0.3) is 11.4 Å². The predicted octanol–water partition coefficient (Wildman–Crippen LogP) is 3.22. The van der Waals surface area contributed by atoms with Gasteiger partial charge in [0.15, 0.2) is 0 Å². The molecule has 6 heteroatoms. The molecule has 0 radical (unpaired) electrons. The van der Waals surface area contributed by atoms with E-state index in [2.05, 4.69) is 41.1 Å². The van der Waals surface area contributed by atoms with Crippen molar-refractivity contribution in [2.45, 2.75) is 31.3 Å². The second-order valence-corrected chi connectivity index (χ2v) is 6.38. The SMILES string of the molecule is C=CCNC(=O)C(C)SCc1nc(-c2ccc(CC)cc2)no1. The number of thioether (sulfide) groups is 1. The van der Waals surface area contributed by atoms with Crippen LogP contribution in [0.1, 0.15) is 25.3 Å². The number of rotatable bonds is 8. The summed E-state index contributed by atoms with van der Waals surface area (Å²) >= 11 is 1.46. The maximum absolute atomic E-state index is 11.8. The average Bonchev–Trinajstić information content (AvgIpc) is 3.06. The maximum Gasteiger partial charge on any atom is 0.236 e. The van der Waals surface area contributed by atoms with Crippen LogP contribution in [0.4, 0.5) is 0 Å². The molecule has 1 heterocycles. The first-order valence-electron chi connectivity index (χ1n) is 7.56. The highest BCUT2D eigenvalue weighted by molar-refractivity contribution is 7.99. The minimum Gasteiger partial charge on any atom is -0.352 e. The molecule has 1 atom stereocenters. The van der Waals surface area contributed by atoms with Gasteiger partial charge in [0.2, 0.25) is 17.6 Å². The molecule has 1 aromatic carbocycles. The topological polar surface area (TPSA) is 68.0 Å². The van der Waals surface area contributed by atoms with Crippen molar-refractivity contribution in [1.29, 1.82) is 0 Å². The first kappa shape index (κ1) is 17.3. The van der Waals surface area contributed by atoms with Crippen LogP contribution in [0, 0.1) is 0 Å². The minimum atomic E-state index is -0.186. The Hall–Kier alpha value is -2.08. The third kappa shape index (κ3) is 4.96. The fourth-order valence-corrected chi connectivity index (χ4v) is 2.65. The minimum absolute atomic E-state index is 0.0233. The predicted molar refractivity (Wildman–Crippen MR) is 93.1 cm³/mol. The van der Waals surface area contributed by atoms with Gasteiger partial charge in [-0.3, -0.25) is 4.79 Å².